The van der Waals surface area contributed by atoms with Gasteiger partial charge >= 0.3 is 0 Å². The zero-order valence-corrected chi connectivity index (χ0v) is 21.1. The maximum absolute atomic E-state index is 5.54. The van der Waals surface area contributed by atoms with E-state index < -0.39 is 0 Å². The first-order chi connectivity index (χ1) is 14.1. The van der Waals surface area contributed by atoms with Crippen molar-refractivity contribution in [2.24, 2.45) is 10.9 Å². The fourth-order valence-corrected chi connectivity index (χ4v) is 5.08. The van der Waals surface area contributed by atoms with Crippen LogP contribution >= 0.6 is 24.0 Å². The third kappa shape index (κ3) is 5.29. The van der Waals surface area contributed by atoms with Crippen LogP contribution in [-0.4, -0.2) is 99.8 Å². The van der Waals surface area contributed by atoms with Crippen LogP contribution < -0.4 is 5.32 Å². The smallest absolute Gasteiger partial charge is 0.193 e. The molecule has 3 aliphatic rings. The van der Waals surface area contributed by atoms with Crippen molar-refractivity contribution in [2.75, 3.05) is 73.6 Å². The Labute approximate surface area is 199 Å². The molecule has 2 fully saturated rings. The maximum atomic E-state index is 5.54. The van der Waals surface area contributed by atoms with Crippen molar-refractivity contribution in [1.82, 2.24) is 20.0 Å². The van der Waals surface area contributed by atoms with Crippen LogP contribution in [0.1, 0.15) is 17.5 Å². The number of aliphatic imine (C=N–C) groups is 1. The van der Waals surface area contributed by atoms with Crippen LogP contribution in [0, 0.1) is 5.92 Å². The van der Waals surface area contributed by atoms with Gasteiger partial charge in [-0.15, -0.1) is 24.0 Å². The molecule has 0 aromatic heterocycles. The van der Waals surface area contributed by atoms with E-state index >= 15 is 0 Å². The Kier molecular flexibility index (Phi) is 8.40. The third-order valence-corrected chi connectivity index (χ3v) is 7.11. The van der Waals surface area contributed by atoms with E-state index in [9.17, 15) is 0 Å². The van der Waals surface area contributed by atoms with E-state index in [-0.39, 0.29) is 29.5 Å². The molecular weight excluding hydrogens is 489 g/mol. The molecule has 0 spiro atoms. The summed E-state index contributed by atoms with van der Waals surface area (Å²) in [6, 6.07) is 8.89. The fraction of sp³-hybridized carbons (Fsp3) is 0.696. The first-order valence-corrected chi connectivity index (χ1v) is 11.1. The van der Waals surface area contributed by atoms with Crippen molar-refractivity contribution in [1.29, 1.82) is 0 Å². The summed E-state index contributed by atoms with van der Waals surface area (Å²) in [6.45, 7) is 8.30. The number of nitrogens with one attached hydrogen (secondary N) is 1. The highest BCUT2D eigenvalue weighted by Gasteiger charge is 2.39. The summed E-state index contributed by atoms with van der Waals surface area (Å²) in [4.78, 5) is 12.0. The monoisotopic (exact) mass is 527 g/mol. The van der Waals surface area contributed by atoms with Crippen LogP contribution in [-0.2, 0) is 17.6 Å². The summed E-state index contributed by atoms with van der Waals surface area (Å²) >= 11 is 0. The minimum atomic E-state index is 0. The average Bonchev–Trinajstić information content (AvgIpc) is 3.37. The summed E-state index contributed by atoms with van der Waals surface area (Å²) in [7, 11) is 6.33. The van der Waals surface area contributed by atoms with E-state index in [1.807, 2.05) is 7.05 Å². The predicted molar refractivity (Wildman–Crippen MR) is 134 cm³/mol. The Balaban J connectivity index is 0.00000256. The molecule has 0 bridgehead atoms. The van der Waals surface area contributed by atoms with E-state index in [0.717, 1.165) is 70.7 Å². The highest BCUT2D eigenvalue weighted by Crippen LogP contribution is 2.33. The summed E-state index contributed by atoms with van der Waals surface area (Å²) < 4.78 is 5.54. The van der Waals surface area contributed by atoms with Crippen LogP contribution in [0.4, 0.5) is 0 Å². The lowest BCUT2D eigenvalue weighted by molar-refractivity contribution is 0.136. The number of fused-ring (bicyclic) bond motifs is 1. The lowest BCUT2D eigenvalue weighted by Crippen LogP contribution is -2.58. The SMILES string of the molecule is CN=C(NCC1(N(C)C)Cc2ccccc2C1)N1CCN(CC2CCOC2)CC1.I. The van der Waals surface area contributed by atoms with Crippen LogP contribution in [0.5, 0.6) is 0 Å². The standard InChI is InChI=1S/C23H37N5O.HI/c1-24-22(28-11-9-27(10-12-28)16-19-8-13-29-17-19)25-18-23(26(2)3)14-20-6-4-5-7-21(20)15-23;/h4-7,19H,8-18H2,1-3H3,(H,24,25);1H. The van der Waals surface area contributed by atoms with E-state index in [0.29, 0.717) is 0 Å². The normalized spacial score (nSPS) is 24.1. The molecule has 2 aliphatic heterocycles. The van der Waals surface area contributed by atoms with Crippen LogP contribution in [0.3, 0.4) is 0 Å². The first kappa shape index (κ1) is 23.8. The van der Waals surface area contributed by atoms with E-state index in [4.69, 9.17) is 4.74 Å². The Morgan fingerprint density at radius 2 is 1.83 bits per heavy atom. The van der Waals surface area contributed by atoms with Gasteiger partial charge in [0, 0.05) is 58.5 Å². The zero-order valence-electron chi connectivity index (χ0n) is 18.8. The largest absolute Gasteiger partial charge is 0.381 e. The van der Waals surface area contributed by atoms with Crippen molar-refractivity contribution < 1.29 is 4.74 Å². The molecule has 1 aromatic rings. The molecule has 0 saturated carbocycles. The van der Waals surface area contributed by atoms with Gasteiger partial charge in [0.1, 0.15) is 0 Å². The van der Waals surface area contributed by atoms with Crippen molar-refractivity contribution >= 4 is 29.9 Å². The number of hydrogen-bond donors (Lipinski definition) is 1. The first-order valence-electron chi connectivity index (χ1n) is 11.1. The zero-order chi connectivity index (χ0) is 20.3. The number of piperazine rings is 1. The Bertz CT molecular complexity index is 686. The molecule has 1 N–H and O–H groups in total. The van der Waals surface area contributed by atoms with Crippen LogP contribution in [0.25, 0.3) is 0 Å². The second-order valence-corrected chi connectivity index (χ2v) is 9.16. The third-order valence-electron chi connectivity index (χ3n) is 7.11. The highest BCUT2D eigenvalue weighted by atomic mass is 127. The molecule has 2 heterocycles. The summed E-state index contributed by atoms with van der Waals surface area (Å²) in [5.41, 5.74) is 3.09. The average molecular weight is 527 g/mol. The van der Waals surface area contributed by atoms with Gasteiger partial charge in [-0.3, -0.25) is 9.89 Å². The topological polar surface area (TPSA) is 43.3 Å². The van der Waals surface area contributed by atoms with Crippen LogP contribution in [0.2, 0.25) is 0 Å². The molecule has 1 unspecified atom stereocenters. The van der Waals surface area contributed by atoms with Crippen molar-refractivity contribution in [3.63, 3.8) is 0 Å². The number of ether oxygens (including phenoxy) is 1. The minimum absolute atomic E-state index is 0. The molecule has 1 aromatic carbocycles. The van der Waals surface area contributed by atoms with Gasteiger partial charge in [0.2, 0.25) is 0 Å². The molecule has 0 amide bonds. The lowest BCUT2D eigenvalue weighted by atomic mass is 9.94. The summed E-state index contributed by atoms with van der Waals surface area (Å²) in [5.74, 6) is 1.77. The second-order valence-electron chi connectivity index (χ2n) is 9.16. The highest BCUT2D eigenvalue weighted by molar-refractivity contribution is 14.0. The Morgan fingerprint density at radius 3 is 2.37 bits per heavy atom. The van der Waals surface area contributed by atoms with Crippen LogP contribution in [0.15, 0.2) is 29.3 Å². The molecule has 4 rings (SSSR count). The molecule has 6 nitrogen and oxygen atoms in total. The number of benzene rings is 1. The summed E-state index contributed by atoms with van der Waals surface area (Å²) in [5, 5.41) is 3.72. The van der Waals surface area contributed by atoms with Gasteiger partial charge in [-0.25, -0.2) is 0 Å². The van der Waals surface area contributed by atoms with E-state index in [1.165, 1.54) is 24.1 Å². The molecule has 30 heavy (non-hydrogen) atoms. The second kappa shape index (κ2) is 10.6. The van der Waals surface area contributed by atoms with Gasteiger partial charge < -0.3 is 19.9 Å². The molecule has 1 atom stereocenters. The molecule has 1 aliphatic carbocycles. The van der Waals surface area contributed by atoms with E-state index in [2.05, 4.69) is 63.4 Å². The minimum Gasteiger partial charge on any atom is -0.381 e. The number of guanidine groups is 1. The van der Waals surface area contributed by atoms with Gasteiger partial charge in [-0.1, -0.05) is 24.3 Å². The quantitative estimate of drug-likeness (QED) is 0.360. The number of hydrogen-bond acceptors (Lipinski definition) is 4. The van der Waals surface area contributed by atoms with Gasteiger partial charge in [-0.2, -0.15) is 0 Å². The number of likely N-dealkylation sites (N-methyl/N-ethyl adjacent to an activating group) is 1. The Hall–Kier alpha value is -0.900. The van der Waals surface area contributed by atoms with Gasteiger partial charge in [0.05, 0.1) is 6.61 Å². The Morgan fingerprint density at radius 1 is 1.17 bits per heavy atom. The fourth-order valence-electron chi connectivity index (χ4n) is 5.08. The van der Waals surface area contributed by atoms with Crippen molar-refractivity contribution in [3.05, 3.63) is 35.4 Å². The summed E-state index contributed by atoms with van der Waals surface area (Å²) in [6.07, 6.45) is 3.41. The molecule has 2 saturated heterocycles. The van der Waals surface area contributed by atoms with Gasteiger partial charge in [0.15, 0.2) is 5.96 Å². The van der Waals surface area contributed by atoms with Crippen molar-refractivity contribution in [3.8, 4) is 0 Å². The molecule has 0 radical (unpaired) electrons. The predicted octanol–water partition coefficient (Wildman–Crippen LogP) is 1.93. The van der Waals surface area contributed by atoms with Gasteiger partial charge in [0.25, 0.3) is 0 Å². The van der Waals surface area contributed by atoms with Gasteiger partial charge in [-0.05, 0) is 50.4 Å². The molecule has 168 valence electrons. The van der Waals surface area contributed by atoms with E-state index in [1.54, 1.807) is 0 Å². The molecule has 7 heteroatoms. The number of nitrogens with zero attached hydrogens (tertiary/aromatic N) is 4. The lowest BCUT2D eigenvalue weighted by Gasteiger charge is -2.40. The van der Waals surface area contributed by atoms with Crippen molar-refractivity contribution in [2.45, 2.75) is 24.8 Å². The number of rotatable bonds is 5. The number of halogens is 1. The maximum Gasteiger partial charge on any atom is 0.193 e. The molecular formula is C23H38IN5O.